The molecule has 3 rings (SSSR count). The number of likely N-dealkylation sites (tertiary alicyclic amines) is 1. The molecule has 0 saturated carbocycles. The molecule has 0 aromatic heterocycles. The Labute approximate surface area is 132 Å². The van der Waals surface area contributed by atoms with Crippen LogP contribution in [0, 0.1) is 5.41 Å². The van der Waals surface area contributed by atoms with Crippen LogP contribution in [-0.2, 0) is 20.5 Å². The maximum Gasteiger partial charge on any atom is 0.218 e. The van der Waals surface area contributed by atoms with Crippen molar-refractivity contribution in [3.8, 4) is 0 Å². The highest BCUT2D eigenvalue weighted by molar-refractivity contribution is 7.88. The molecule has 2 heterocycles. The molecule has 0 bridgehead atoms. The number of rotatable bonds is 3. The molecule has 1 atom stereocenters. The Morgan fingerprint density at radius 3 is 2.64 bits per heavy atom. The van der Waals surface area contributed by atoms with Crippen molar-refractivity contribution >= 4 is 10.0 Å². The lowest BCUT2D eigenvalue weighted by Crippen LogP contribution is -2.43. The molecule has 5 nitrogen and oxygen atoms in total. The standard InChI is InChI=1S/C16H24N2O3S/c1-17-8-7-16(12-17)13-18(9-10-21-14-16)22(19,20)11-15-5-3-2-4-6-15/h2-6H,7-14H2,1H3/t16-/m1/s1. The molecule has 0 radical (unpaired) electrons. The highest BCUT2D eigenvalue weighted by atomic mass is 32.2. The predicted octanol–water partition coefficient (Wildman–Crippen LogP) is 1.17. The molecule has 6 heteroatoms. The monoisotopic (exact) mass is 324 g/mol. The van der Waals surface area contributed by atoms with E-state index in [0.717, 1.165) is 25.1 Å². The van der Waals surface area contributed by atoms with Crippen LogP contribution in [-0.4, -0.2) is 64.1 Å². The Hall–Kier alpha value is -0.950. The Morgan fingerprint density at radius 2 is 1.95 bits per heavy atom. The van der Waals surface area contributed by atoms with Crippen LogP contribution in [0.4, 0.5) is 0 Å². The van der Waals surface area contributed by atoms with Gasteiger partial charge in [-0.15, -0.1) is 0 Å². The summed E-state index contributed by atoms with van der Waals surface area (Å²) in [7, 11) is -1.22. The van der Waals surface area contributed by atoms with Gasteiger partial charge in [-0.2, -0.15) is 4.31 Å². The summed E-state index contributed by atoms with van der Waals surface area (Å²) in [6, 6.07) is 9.39. The minimum atomic E-state index is -3.31. The summed E-state index contributed by atoms with van der Waals surface area (Å²) < 4.78 is 32.9. The lowest BCUT2D eigenvalue weighted by molar-refractivity contribution is 0.0743. The van der Waals surface area contributed by atoms with Crippen LogP contribution >= 0.6 is 0 Å². The van der Waals surface area contributed by atoms with E-state index in [-0.39, 0.29) is 11.2 Å². The van der Waals surface area contributed by atoms with Gasteiger partial charge in [0, 0.05) is 25.0 Å². The van der Waals surface area contributed by atoms with Crippen LogP contribution < -0.4 is 0 Å². The summed E-state index contributed by atoms with van der Waals surface area (Å²) in [6.07, 6.45) is 1.00. The van der Waals surface area contributed by atoms with Gasteiger partial charge in [-0.05, 0) is 25.6 Å². The summed E-state index contributed by atoms with van der Waals surface area (Å²) in [5.74, 6) is 0.0692. The summed E-state index contributed by atoms with van der Waals surface area (Å²) in [4.78, 5) is 2.26. The Morgan fingerprint density at radius 1 is 1.18 bits per heavy atom. The molecule has 2 fully saturated rings. The van der Waals surface area contributed by atoms with E-state index in [2.05, 4.69) is 11.9 Å². The molecular weight excluding hydrogens is 300 g/mol. The maximum absolute atomic E-state index is 12.8. The van der Waals surface area contributed by atoms with Crippen molar-refractivity contribution < 1.29 is 13.2 Å². The molecule has 1 aromatic carbocycles. The zero-order chi connectivity index (χ0) is 15.6. The first-order chi connectivity index (χ1) is 10.5. The van der Waals surface area contributed by atoms with Crippen molar-refractivity contribution in [1.29, 1.82) is 0 Å². The fourth-order valence-corrected chi connectivity index (χ4v) is 5.09. The number of hydrogen-bond acceptors (Lipinski definition) is 4. The lowest BCUT2D eigenvalue weighted by atomic mass is 9.88. The molecule has 2 saturated heterocycles. The molecule has 2 aliphatic heterocycles. The van der Waals surface area contributed by atoms with Crippen molar-refractivity contribution in [2.24, 2.45) is 5.41 Å². The van der Waals surface area contributed by atoms with E-state index < -0.39 is 10.0 Å². The van der Waals surface area contributed by atoms with Gasteiger partial charge in [0.15, 0.2) is 0 Å². The molecule has 2 aliphatic rings. The SMILES string of the molecule is CN1CC[C@@]2(COCCN(S(=O)(=O)Cc3ccccc3)C2)C1. The first kappa shape index (κ1) is 15.9. The van der Waals surface area contributed by atoms with Gasteiger partial charge < -0.3 is 9.64 Å². The average Bonchev–Trinajstić information content (AvgIpc) is 2.70. The molecule has 0 unspecified atom stereocenters. The van der Waals surface area contributed by atoms with Gasteiger partial charge in [0.2, 0.25) is 10.0 Å². The summed E-state index contributed by atoms with van der Waals surface area (Å²) in [5.41, 5.74) is 0.792. The van der Waals surface area contributed by atoms with Gasteiger partial charge in [0.1, 0.15) is 0 Å². The summed E-state index contributed by atoms with van der Waals surface area (Å²) in [6.45, 7) is 4.10. The molecule has 1 aromatic rings. The molecule has 22 heavy (non-hydrogen) atoms. The van der Waals surface area contributed by atoms with E-state index in [9.17, 15) is 8.42 Å². The van der Waals surface area contributed by atoms with E-state index in [1.165, 1.54) is 0 Å². The first-order valence-electron chi connectivity index (χ1n) is 7.77. The van der Waals surface area contributed by atoms with Crippen molar-refractivity contribution in [1.82, 2.24) is 9.21 Å². The van der Waals surface area contributed by atoms with E-state index >= 15 is 0 Å². The number of benzene rings is 1. The van der Waals surface area contributed by atoms with Gasteiger partial charge in [0.25, 0.3) is 0 Å². The van der Waals surface area contributed by atoms with Crippen LogP contribution in [0.15, 0.2) is 30.3 Å². The largest absolute Gasteiger partial charge is 0.379 e. The van der Waals surface area contributed by atoms with Gasteiger partial charge in [0.05, 0.1) is 19.0 Å². The highest BCUT2D eigenvalue weighted by Gasteiger charge is 2.42. The van der Waals surface area contributed by atoms with E-state index in [1.54, 1.807) is 4.31 Å². The van der Waals surface area contributed by atoms with E-state index in [1.807, 2.05) is 30.3 Å². The quantitative estimate of drug-likeness (QED) is 0.837. The summed E-state index contributed by atoms with van der Waals surface area (Å²) in [5, 5.41) is 0. The van der Waals surface area contributed by atoms with Gasteiger partial charge >= 0.3 is 0 Å². The van der Waals surface area contributed by atoms with Crippen LogP contribution in [0.3, 0.4) is 0 Å². The van der Waals surface area contributed by atoms with E-state index in [4.69, 9.17) is 4.74 Å². The van der Waals surface area contributed by atoms with Crippen molar-refractivity contribution in [2.45, 2.75) is 12.2 Å². The first-order valence-corrected chi connectivity index (χ1v) is 9.38. The zero-order valence-electron chi connectivity index (χ0n) is 13.1. The van der Waals surface area contributed by atoms with Gasteiger partial charge in [-0.1, -0.05) is 30.3 Å². The van der Waals surface area contributed by atoms with E-state index in [0.29, 0.717) is 26.3 Å². The second-order valence-corrected chi connectivity index (χ2v) is 8.58. The van der Waals surface area contributed by atoms with Crippen LogP contribution in [0.1, 0.15) is 12.0 Å². The fourth-order valence-electron chi connectivity index (χ4n) is 3.47. The van der Waals surface area contributed by atoms with Gasteiger partial charge in [-0.25, -0.2) is 8.42 Å². The lowest BCUT2D eigenvalue weighted by Gasteiger charge is -2.31. The maximum atomic E-state index is 12.8. The fraction of sp³-hybridized carbons (Fsp3) is 0.625. The minimum Gasteiger partial charge on any atom is -0.379 e. The number of hydrogen-bond donors (Lipinski definition) is 0. The second kappa shape index (κ2) is 6.28. The normalized spacial score (nSPS) is 28.0. The predicted molar refractivity (Wildman–Crippen MR) is 86.0 cm³/mol. The second-order valence-electron chi connectivity index (χ2n) is 6.62. The highest BCUT2D eigenvalue weighted by Crippen LogP contribution is 2.33. The molecular formula is C16H24N2O3S. The zero-order valence-corrected chi connectivity index (χ0v) is 13.9. The third-order valence-electron chi connectivity index (χ3n) is 4.62. The van der Waals surface area contributed by atoms with Crippen molar-refractivity contribution in [3.63, 3.8) is 0 Å². The van der Waals surface area contributed by atoms with Gasteiger partial charge in [-0.3, -0.25) is 0 Å². The average molecular weight is 324 g/mol. The molecule has 122 valence electrons. The Bertz CT molecular complexity index is 605. The van der Waals surface area contributed by atoms with Crippen molar-refractivity contribution in [3.05, 3.63) is 35.9 Å². The number of sulfonamides is 1. The number of nitrogens with zero attached hydrogens (tertiary/aromatic N) is 2. The minimum absolute atomic E-state index is 0.0466. The molecule has 1 spiro atoms. The Balaban J connectivity index is 1.77. The molecule has 0 aliphatic carbocycles. The number of ether oxygens (including phenoxy) is 1. The molecule has 0 amide bonds. The van der Waals surface area contributed by atoms with Crippen LogP contribution in [0.5, 0.6) is 0 Å². The van der Waals surface area contributed by atoms with Crippen LogP contribution in [0.2, 0.25) is 0 Å². The summed E-state index contributed by atoms with van der Waals surface area (Å²) >= 11 is 0. The third kappa shape index (κ3) is 3.51. The topological polar surface area (TPSA) is 49.9 Å². The third-order valence-corrected chi connectivity index (χ3v) is 6.42. The van der Waals surface area contributed by atoms with Crippen molar-refractivity contribution in [2.75, 3.05) is 46.4 Å². The van der Waals surface area contributed by atoms with Crippen LogP contribution in [0.25, 0.3) is 0 Å². The Kier molecular flexibility index (Phi) is 4.54. The smallest absolute Gasteiger partial charge is 0.218 e. The molecule has 0 N–H and O–H groups in total.